The molecule has 0 fully saturated rings. The van der Waals surface area contributed by atoms with Crippen LogP contribution in [0.1, 0.15) is 30.1 Å². The van der Waals surface area contributed by atoms with Crippen molar-refractivity contribution in [2.45, 2.75) is 19.8 Å². The van der Waals surface area contributed by atoms with Crippen LogP contribution in [0.3, 0.4) is 0 Å². The van der Waals surface area contributed by atoms with Gasteiger partial charge >= 0.3 is 0 Å². The molecule has 1 aromatic carbocycles. The quantitative estimate of drug-likeness (QED) is 0.698. The van der Waals surface area contributed by atoms with Gasteiger partial charge in [-0.3, -0.25) is 4.79 Å². The highest BCUT2D eigenvalue weighted by Gasteiger charge is 2.11. The third kappa shape index (κ3) is 2.72. The van der Waals surface area contributed by atoms with E-state index in [0.29, 0.717) is 23.5 Å². The van der Waals surface area contributed by atoms with E-state index in [1.165, 1.54) is 0 Å². The van der Waals surface area contributed by atoms with Crippen LogP contribution in [0.4, 0.5) is 0 Å². The van der Waals surface area contributed by atoms with E-state index in [1.54, 1.807) is 32.4 Å². The average Bonchev–Trinajstić information content (AvgIpc) is 2.28. The minimum Gasteiger partial charge on any atom is -0.497 e. The Labute approximate surface area is 90.0 Å². The number of hydrogen-bond donors (Lipinski definition) is 0. The summed E-state index contributed by atoms with van der Waals surface area (Å²) in [5.41, 5.74) is 0.625. The molecule has 0 bridgehead atoms. The normalized spacial score (nSPS) is 9.80. The summed E-state index contributed by atoms with van der Waals surface area (Å²) in [5, 5.41) is 0. The number of Topliss-reactive ketones (excluding diaryl/α,β-unsaturated/α-hetero) is 1. The maximum Gasteiger partial charge on any atom is 0.166 e. The largest absolute Gasteiger partial charge is 0.497 e. The van der Waals surface area contributed by atoms with Gasteiger partial charge in [0.1, 0.15) is 11.5 Å². The van der Waals surface area contributed by atoms with Gasteiger partial charge in [0.2, 0.25) is 0 Å². The number of benzene rings is 1. The van der Waals surface area contributed by atoms with Crippen LogP contribution in [-0.4, -0.2) is 20.0 Å². The van der Waals surface area contributed by atoms with E-state index >= 15 is 0 Å². The molecule has 0 aliphatic heterocycles. The maximum absolute atomic E-state index is 11.7. The fourth-order valence-electron chi connectivity index (χ4n) is 1.39. The first-order valence-corrected chi connectivity index (χ1v) is 4.98. The van der Waals surface area contributed by atoms with Crippen LogP contribution in [-0.2, 0) is 0 Å². The molecule has 0 saturated heterocycles. The van der Waals surface area contributed by atoms with Crippen molar-refractivity contribution in [2.75, 3.05) is 14.2 Å². The number of carbonyl (C=O) groups is 1. The fourth-order valence-corrected chi connectivity index (χ4v) is 1.39. The second-order valence-corrected chi connectivity index (χ2v) is 3.24. The van der Waals surface area contributed by atoms with E-state index in [4.69, 9.17) is 9.47 Å². The van der Waals surface area contributed by atoms with Crippen LogP contribution in [0.15, 0.2) is 18.2 Å². The number of ketones is 1. The average molecular weight is 208 g/mol. The molecule has 0 aliphatic rings. The van der Waals surface area contributed by atoms with Gasteiger partial charge in [-0.15, -0.1) is 0 Å². The SMILES string of the molecule is CCCC(=O)c1ccc(OC)cc1OC. The molecule has 0 N–H and O–H groups in total. The molecule has 0 saturated carbocycles. The molecule has 3 heteroatoms. The van der Waals surface area contributed by atoms with Gasteiger partial charge in [-0.2, -0.15) is 0 Å². The van der Waals surface area contributed by atoms with Crippen molar-refractivity contribution in [3.05, 3.63) is 23.8 Å². The topological polar surface area (TPSA) is 35.5 Å². The van der Waals surface area contributed by atoms with Crippen molar-refractivity contribution in [3.8, 4) is 11.5 Å². The zero-order valence-electron chi connectivity index (χ0n) is 9.37. The van der Waals surface area contributed by atoms with E-state index < -0.39 is 0 Å². The van der Waals surface area contributed by atoms with Crippen LogP contribution in [0, 0.1) is 0 Å². The van der Waals surface area contributed by atoms with Crippen LogP contribution < -0.4 is 9.47 Å². The summed E-state index contributed by atoms with van der Waals surface area (Å²) in [5.74, 6) is 1.38. The van der Waals surface area contributed by atoms with Gasteiger partial charge in [0.15, 0.2) is 5.78 Å². The summed E-state index contributed by atoms with van der Waals surface area (Å²) < 4.78 is 10.2. The first kappa shape index (κ1) is 11.6. The molecule has 0 amide bonds. The Morgan fingerprint density at radius 3 is 2.53 bits per heavy atom. The maximum atomic E-state index is 11.7. The zero-order chi connectivity index (χ0) is 11.3. The molecular formula is C12H16O3. The van der Waals surface area contributed by atoms with Crippen molar-refractivity contribution in [2.24, 2.45) is 0 Å². The summed E-state index contributed by atoms with van der Waals surface area (Å²) >= 11 is 0. The predicted octanol–water partition coefficient (Wildman–Crippen LogP) is 2.69. The molecule has 82 valence electrons. The molecule has 0 radical (unpaired) electrons. The summed E-state index contributed by atoms with van der Waals surface area (Å²) in [6.45, 7) is 1.98. The molecule has 0 heterocycles. The molecule has 0 aromatic heterocycles. The van der Waals surface area contributed by atoms with E-state index in [2.05, 4.69) is 0 Å². The number of carbonyl (C=O) groups excluding carboxylic acids is 1. The fraction of sp³-hybridized carbons (Fsp3) is 0.417. The molecule has 3 nitrogen and oxygen atoms in total. The lowest BCUT2D eigenvalue weighted by molar-refractivity contribution is 0.0979. The van der Waals surface area contributed by atoms with E-state index in [-0.39, 0.29) is 5.78 Å². The monoisotopic (exact) mass is 208 g/mol. The molecule has 1 aromatic rings. The Balaban J connectivity index is 3.02. The molecule has 1 rings (SSSR count). The van der Waals surface area contributed by atoms with Crippen molar-refractivity contribution < 1.29 is 14.3 Å². The summed E-state index contributed by atoms with van der Waals surface area (Å²) in [7, 11) is 3.14. The van der Waals surface area contributed by atoms with Crippen LogP contribution in [0.5, 0.6) is 11.5 Å². The number of rotatable bonds is 5. The Bertz CT molecular complexity index is 345. The van der Waals surface area contributed by atoms with Gasteiger partial charge in [-0.05, 0) is 18.6 Å². The van der Waals surface area contributed by atoms with E-state index in [9.17, 15) is 4.79 Å². The lowest BCUT2D eigenvalue weighted by atomic mass is 10.1. The number of methoxy groups -OCH3 is 2. The van der Waals surface area contributed by atoms with Crippen molar-refractivity contribution in [3.63, 3.8) is 0 Å². The minimum atomic E-state index is 0.108. The summed E-state index contributed by atoms with van der Waals surface area (Å²) in [4.78, 5) is 11.7. The van der Waals surface area contributed by atoms with Crippen molar-refractivity contribution in [1.29, 1.82) is 0 Å². The second-order valence-electron chi connectivity index (χ2n) is 3.24. The summed E-state index contributed by atoms with van der Waals surface area (Å²) in [6.07, 6.45) is 1.39. The van der Waals surface area contributed by atoms with Crippen molar-refractivity contribution >= 4 is 5.78 Å². The molecule has 15 heavy (non-hydrogen) atoms. The van der Waals surface area contributed by atoms with Crippen molar-refractivity contribution in [1.82, 2.24) is 0 Å². The van der Waals surface area contributed by atoms with Gasteiger partial charge in [-0.25, -0.2) is 0 Å². The van der Waals surface area contributed by atoms with Gasteiger partial charge in [0.05, 0.1) is 19.8 Å². The number of ether oxygens (including phenoxy) is 2. The smallest absolute Gasteiger partial charge is 0.166 e. The van der Waals surface area contributed by atoms with Crippen LogP contribution >= 0.6 is 0 Å². The first-order valence-electron chi connectivity index (χ1n) is 4.98. The second kappa shape index (κ2) is 5.39. The molecule has 0 atom stereocenters. The summed E-state index contributed by atoms with van der Waals surface area (Å²) in [6, 6.07) is 5.24. The lowest BCUT2D eigenvalue weighted by Crippen LogP contribution is -2.01. The van der Waals surface area contributed by atoms with Gasteiger partial charge in [-0.1, -0.05) is 6.92 Å². The first-order chi connectivity index (χ1) is 7.22. The Morgan fingerprint density at radius 2 is 2.00 bits per heavy atom. The van der Waals surface area contributed by atoms with E-state index in [1.807, 2.05) is 6.92 Å². The lowest BCUT2D eigenvalue weighted by Gasteiger charge is -2.08. The Kier molecular flexibility index (Phi) is 4.16. The van der Waals surface area contributed by atoms with Gasteiger partial charge < -0.3 is 9.47 Å². The van der Waals surface area contributed by atoms with E-state index in [0.717, 1.165) is 6.42 Å². The third-order valence-corrected chi connectivity index (χ3v) is 2.19. The highest BCUT2D eigenvalue weighted by atomic mass is 16.5. The molecular weight excluding hydrogens is 192 g/mol. The Morgan fingerprint density at radius 1 is 1.27 bits per heavy atom. The predicted molar refractivity (Wildman–Crippen MR) is 58.8 cm³/mol. The standard InChI is InChI=1S/C12H16O3/c1-4-5-11(13)10-7-6-9(14-2)8-12(10)15-3/h6-8H,4-5H2,1-3H3. The van der Waals surface area contributed by atoms with Crippen LogP contribution in [0.25, 0.3) is 0 Å². The highest BCUT2D eigenvalue weighted by molar-refractivity contribution is 5.98. The highest BCUT2D eigenvalue weighted by Crippen LogP contribution is 2.25. The van der Waals surface area contributed by atoms with Gasteiger partial charge in [0, 0.05) is 12.5 Å². The third-order valence-electron chi connectivity index (χ3n) is 2.19. The minimum absolute atomic E-state index is 0.108. The molecule has 0 spiro atoms. The number of hydrogen-bond acceptors (Lipinski definition) is 3. The van der Waals surface area contributed by atoms with Gasteiger partial charge in [0.25, 0.3) is 0 Å². The molecule has 0 aliphatic carbocycles. The van der Waals surface area contributed by atoms with Crippen LogP contribution in [0.2, 0.25) is 0 Å². The molecule has 0 unspecified atom stereocenters. The zero-order valence-corrected chi connectivity index (χ0v) is 9.37. The Hall–Kier alpha value is -1.51.